The first-order valence-electron chi connectivity index (χ1n) is 22.3. The summed E-state index contributed by atoms with van der Waals surface area (Å²) in [4.78, 5) is 2.52. The van der Waals surface area contributed by atoms with Gasteiger partial charge in [-0.3, -0.25) is 0 Å². The summed E-state index contributed by atoms with van der Waals surface area (Å²) >= 11 is 0. The van der Waals surface area contributed by atoms with Crippen molar-refractivity contribution in [2.45, 2.75) is 10.8 Å². The van der Waals surface area contributed by atoms with Gasteiger partial charge in [-0.15, -0.1) is 0 Å². The molecule has 2 nitrogen and oxygen atoms in total. The number of furan rings is 1. The van der Waals surface area contributed by atoms with Gasteiger partial charge in [-0.2, -0.15) is 0 Å². The molecule has 0 atom stereocenters. The molecule has 10 aromatic carbocycles. The van der Waals surface area contributed by atoms with Crippen LogP contribution < -0.4 is 4.90 Å². The maximum atomic E-state index is 6.45. The van der Waals surface area contributed by atoms with Gasteiger partial charge in [0.1, 0.15) is 11.2 Å². The third-order valence-electron chi connectivity index (χ3n) is 14.6. The molecule has 298 valence electrons. The maximum Gasteiger partial charge on any atom is 0.135 e. The Morgan fingerprint density at radius 3 is 1.41 bits per heavy atom. The number of fused-ring (bicyclic) bond motifs is 16. The summed E-state index contributed by atoms with van der Waals surface area (Å²) in [5.74, 6) is 0. The summed E-state index contributed by atoms with van der Waals surface area (Å²) in [7, 11) is 0. The molecule has 11 aromatic rings. The van der Waals surface area contributed by atoms with Crippen LogP contribution in [-0.4, -0.2) is 0 Å². The minimum Gasteiger partial charge on any atom is -0.456 e. The molecule has 0 N–H and O–H groups in total. The number of rotatable bonds is 5. The van der Waals surface area contributed by atoms with Gasteiger partial charge in [0.2, 0.25) is 0 Å². The Hall–Kier alpha value is -8.20. The molecule has 0 radical (unpaired) electrons. The molecule has 14 rings (SSSR count). The number of para-hydroxylation sites is 1. The van der Waals surface area contributed by atoms with Crippen LogP contribution >= 0.6 is 0 Å². The van der Waals surface area contributed by atoms with E-state index in [1.807, 2.05) is 6.07 Å². The van der Waals surface area contributed by atoms with Crippen LogP contribution in [0.1, 0.15) is 44.5 Å². The van der Waals surface area contributed by atoms with Crippen LogP contribution in [0.5, 0.6) is 0 Å². The minimum absolute atomic E-state index is 0.480. The van der Waals surface area contributed by atoms with Gasteiger partial charge in [-0.1, -0.05) is 194 Å². The third-order valence-corrected chi connectivity index (χ3v) is 14.6. The molecule has 2 heteroatoms. The van der Waals surface area contributed by atoms with Gasteiger partial charge in [-0.05, 0) is 115 Å². The highest BCUT2D eigenvalue weighted by Gasteiger charge is 2.52. The average Bonchev–Trinajstić information content (AvgIpc) is 4.07. The SMILES string of the molecule is c1ccc(C2(c3ccccc3)c3ccccc3-c3c(N(c4ccc5c(c4)C4(c6ccccc6-c6ccccc64)c4ccccc4-5)c4ccc5oc6ccccc6c5c4)cccc32)cc1. The molecule has 0 aliphatic heterocycles. The van der Waals surface area contributed by atoms with Gasteiger partial charge >= 0.3 is 0 Å². The van der Waals surface area contributed by atoms with Gasteiger partial charge in [-0.25, -0.2) is 0 Å². The summed E-state index contributed by atoms with van der Waals surface area (Å²) in [6, 6.07) is 87.8. The molecular weight excluding hydrogens is 775 g/mol. The first-order chi connectivity index (χ1) is 31.8. The summed E-state index contributed by atoms with van der Waals surface area (Å²) < 4.78 is 6.45. The molecule has 0 amide bonds. The smallest absolute Gasteiger partial charge is 0.135 e. The molecule has 0 saturated carbocycles. The highest BCUT2D eigenvalue weighted by Crippen LogP contribution is 2.64. The summed E-state index contributed by atoms with van der Waals surface area (Å²) in [6.07, 6.45) is 0. The van der Waals surface area contributed by atoms with Crippen LogP contribution in [0, 0.1) is 0 Å². The van der Waals surface area contributed by atoms with Crippen molar-refractivity contribution in [3.8, 4) is 33.4 Å². The van der Waals surface area contributed by atoms with E-state index in [1.165, 1.54) is 77.9 Å². The summed E-state index contributed by atoms with van der Waals surface area (Å²) in [5.41, 5.74) is 22.1. The predicted molar refractivity (Wildman–Crippen MR) is 262 cm³/mol. The lowest BCUT2D eigenvalue weighted by molar-refractivity contribution is 0.669. The van der Waals surface area contributed by atoms with Crippen molar-refractivity contribution in [1.82, 2.24) is 0 Å². The molecule has 1 aromatic heterocycles. The molecule has 3 aliphatic rings. The zero-order valence-electron chi connectivity index (χ0n) is 34.9. The van der Waals surface area contributed by atoms with Gasteiger partial charge in [0, 0.05) is 27.7 Å². The fourth-order valence-corrected chi connectivity index (χ4v) is 12.2. The monoisotopic (exact) mass is 813 g/mol. The van der Waals surface area contributed by atoms with Crippen molar-refractivity contribution in [3.05, 3.63) is 281 Å². The van der Waals surface area contributed by atoms with E-state index < -0.39 is 10.8 Å². The van der Waals surface area contributed by atoms with E-state index in [0.29, 0.717) is 0 Å². The zero-order chi connectivity index (χ0) is 42.0. The number of benzene rings is 10. The van der Waals surface area contributed by atoms with Crippen LogP contribution in [-0.2, 0) is 10.8 Å². The highest BCUT2D eigenvalue weighted by atomic mass is 16.3. The van der Waals surface area contributed by atoms with Crippen LogP contribution in [0.15, 0.2) is 241 Å². The average molecular weight is 814 g/mol. The Kier molecular flexibility index (Phi) is 7.28. The minimum atomic E-state index is -0.540. The third kappa shape index (κ3) is 4.49. The molecule has 3 aliphatic carbocycles. The van der Waals surface area contributed by atoms with Crippen LogP contribution in [0.2, 0.25) is 0 Å². The van der Waals surface area contributed by atoms with Crippen LogP contribution in [0.3, 0.4) is 0 Å². The lowest BCUT2D eigenvalue weighted by Crippen LogP contribution is -2.28. The molecule has 0 saturated heterocycles. The van der Waals surface area contributed by atoms with Crippen molar-refractivity contribution >= 4 is 39.0 Å². The first kappa shape index (κ1) is 35.4. The summed E-state index contributed by atoms with van der Waals surface area (Å²) in [6.45, 7) is 0. The van der Waals surface area contributed by atoms with Crippen molar-refractivity contribution in [1.29, 1.82) is 0 Å². The largest absolute Gasteiger partial charge is 0.456 e. The van der Waals surface area contributed by atoms with E-state index in [1.54, 1.807) is 0 Å². The Balaban J connectivity index is 1.09. The Morgan fingerprint density at radius 2 is 0.766 bits per heavy atom. The molecule has 0 fully saturated rings. The lowest BCUT2D eigenvalue weighted by Gasteiger charge is -2.35. The number of hydrogen-bond donors (Lipinski definition) is 0. The van der Waals surface area contributed by atoms with E-state index in [0.717, 1.165) is 39.0 Å². The van der Waals surface area contributed by atoms with Gasteiger partial charge in [0.15, 0.2) is 0 Å². The Morgan fingerprint density at radius 1 is 0.297 bits per heavy atom. The number of anilines is 3. The quantitative estimate of drug-likeness (QED) is 0.172. The fourth-order valence-electron chi connectivity index (χ4n) is 12.2. The number of nitrogens with zero attached hydrogens (tertiary/aromatic N) is 1. The van der Waals surface area contributed by atoms with Gasteiger partial charge in [0.05, 0.1) is 16.5 Å². The topological polar surface area (TPSA) is 16.4 Å². The molecule has 0 bridgehead atoms. The normalized spacial score (nSPS) is 14.2. The second-order valence-corrected chi connectivity index (χ2v) is 17.5. The molecule has 1 spiro atoms. The lowest BCUT2D eigenvalue weighted by atomic mass is 9.68. The van der Waals surface area contributed by atoms with Crippen LogP contribution in [0.4, 0.5) is 17.1 Å². The van der Waals surface area contributed by atoms with Crippen molar-refractivity contribution in [2.24, 2.45) is 0 Å². The highest BCUT2D eigenvalue weighted by molar-refractivity contribution is 6.07. The second-order valence-electron chi connectivity index (χ2n) is 17.5. The molecule has 1 heterocycles. The molecule has 0 unspecified atom stereocenters. The van der Waals surface area contributed by atoms with Gasteiger partial charge in [0.25, 0.3) is 0 Å². The van der Waals surface area contributed by atoms with E-state index in [-0.39, 0.29) is 0 Å². The second kappa shape index (κ2) is 13.2. The van der Waals surface area contributed by atoms with Gasteiger partial charge < -0.3 is 9.32 Å². The number of hydrogen-bond acceptors (Lipinski definition) is 2. The fraction of sp³-hybridized carbons (Fsp3) is 0.0323. The van der Waals surface area contributed by atoms with Crippen molar-refractivity contribution in [2.75, 3.05) is 4.90 Å². The van der Waals surface area contributed by atoms with E-state index in [4.69, 9.17) is 4.42 Å². The van der Waals surface area contributed by atoms with Crippen molar-refractivity contribution in [3.63, 3.8) is 0 Å². The van der Waals surface area contributed by atoms with E-state index in [9.17, 15) is 0 Å². The van der Waals surface area contributed by atoms with E-state index >= 15 is 0 Å². The zero-order valence-corrected chi connectivity index (χ0v) is 34.9. The Bertz CT molecular complexity index is 3590. The summed E-state index contributed by atoms with van der Waals surface area (Å²) in [5, 5.41) is 2.20. The van der Waals surface area contributed by atoms with Crippen molar-refractivity contribution < 1.29 is 4.42 Å². The Labute approximate surface area is 372 Å². The molecule has 64 heavy (non-hydrogen) atoms. The van der Waals surface area contributed by atoms with E-state index in [2.05, 4.69) is 235 Å². The molecular formula is C62H39NO. The predicted octanol–water partition coefficient (Wildman–Crippen LogP) is 15.8. The van der Waals surface area contributed by atoms with Crippen LogP contribution in [0.25, 0.3) is 55.3 Å². The first-order valence-corrected chi connectivity index (χ1v) is 22.3. The maximum absolute atomic E-state index is 6.45. The standard InChI is InChI=1S/C62H39NO/c1-3-18-40(19-4-1)61(41-20-5-2-6-21-41)54-30-15-10-26-49(54)60-55(61)31-17-32-57(60)63(42-35-37-59-50(38-42)48-25-11-16-33-58(48)64-59)43-34-36-47-46-24-9-14-29-53(46)62(56(47)39-43)51-27-12-7-22-44(51)45-23-8-13-28-52(45)62/h1-39H.